The number of anilines is 1. The predicted octanol–water partition coefficient (Wildman–Crippen LogP) is 4.20. The minimum atomic E-state index is -0.222. The van der Waals surface area contributed by atoms with Crippen molar-refractivity contribution in [1.82, 2.24) is 0 Å². The minimum Gasteiger partial charge on any atom is -0.378 e. The van der Waals surface area contributed by atoms with Gasteiger partial charge < -0.3 is 10.1 Å². The fraction of sp³-hybridized carbons (Fsp3) is 0.571. The first kappa shape index (κ1) is 13.8. The fourth-order valence-electron chi connectivity index (χ4n) is 2.42. The fourth-order valence-corrected chi connectivity index (χ4v) is 2.88. The van der Waals surface area contributed by atoms with E-state index in [1.54, 1.807) is 6.07 Å². The summed E-state index contributed by atoms with van der Waals surface area (Å²) in [5.41, 5.74) is 0.572. The molecular weight excluding hydrogens is 297 g/mol. The molecule has 2 atom stereocenters. The number of halogens is 2. The van der Waals surface area contributed by atoms with Crippen LogP contribution in [0.1, 0.15) is 27.2 Å². The summed E-state index contributed by atoms with van der Waals surface area (Å²) in [6.45, 7) is 7.04. The molecule has 1 aromatic rings. The Kier molecular flexibility index (Phi) is 3.97. The van der Waals surface area contributed by atoms with Crippen molar-refractivity contribution < 1.29 is 9.13 Å². The molecule has 1 fully saturated rings. The molecule has 0 amide bonds. The first-order valence-electron chi connectivity index (χ1n) is 6.29. The summed E-state index contributed by atoms with van der Waals surface area (Å²) < 4.78 is 20.2. The van der Waals surface area contributed by atoms with Crippen LogP contribution in [-0.4, -0.2) is 18.8 Å². The zero-order chi connectivity index (χ0) is 13.3. The second-order valence-electron chi connectivity index (χ2n) is 5.29. The van der Waals surface area contributed by atoms with Crippen LogP contribution in [0.3, 0.4) is 0 Å². The van der Waals surface area contributed by atoms with E-state index in [4.69, 9.17) is 4.74 Å². The highest BCUT2D eigenvalue weighted by molar-refractivity contribution is 9.10. The van der Waals surface area contributed by atoms with Gasteiger partial charge in [0.15, 0.2) is 0 Å². The number of para-hydroxylation sites is 1. The second-order valence-corrected chi connectivity index (χ2v) is 6.15. The van der Waals surface area contributed by atoms with E-state index in [1.165, 1.54) is 6.07 Å². The number of benzene rings is 1. The van der Waals surface area contributed by atoms with E-state index >= 15 is 0 Å². The van der Waals surface area contributed by atoms with Gasteiger partial charge in [0.25, 0.3) is 0 Å². The van der Waals surface area contributed by atoms with E-state index in [0.29, 0.717) is 5.69 Å². The number of hydrogen-bond acceptors (Lipinski definition) is 2. The summed E-state index contributed by atoms with van der Waals surface area (Å²) in [5, 5.41) is 3.29. The Labute approximate surface area is 116 Å². The summed E-state index contributed by atoms with van der Waals surface area (Å²) in [6, 6.07) is 5.25. The molecule has 1 aliphatic carbocycles. The van der Waals surface area contributed by atoms with Gasteiger partial charge in [-0.2, -0.15) is 0 Å². The molecule has 2 rings (SSSR count). The van der Waals surface area contributed by atoms with Gasteiger partial charge in [0.1, 0.15) is 5.82 Å². The maximum absolute atomic E-state index is 13.7. The maximum Gasteiger partial charge on any atom is 0.147 e. The van der Waals surface area contributed by atoms with Crippen LogP contribution in [0, 0.1) is 11.2 Å². The van der Waals surface area contributed by atoms with E-state index in [0.717, 1.165) is 17.5 Å². The van der Waals surface area contributed by atoms with Gasteiger partial charge in [-0.1, -0.05) is 19.9 Å². The largest absolute Gasteiger partial charge is 0.378 e. The zero-order valence-corrected chi connectivity index (χ0v) is 12.6. The Morgan fingerprint density at radius 2 is 2.22 bits per heavy atom. The Bertz CT molecular complexity index is 416. The van der Waals surface area contributed by atoms with Crippen molar-refractivity contribution in [2.45, 2.75) is 39.3 Å². The number of ether oxygens (including phenoxy) is 1. The highest BCUT2D eigenvalue weighted by Crippen LogP contribution is 2.45. The van der Waals surface area contributed by atoms with Crippen molar-refractivity contribution in [3.05, 3.63) is 28.5 Å². The lowest BCUT2D eigenvalue weighted by Gasteiger charge is -2.52. The lowest BCUT2D eigenvalue weighted by molar-refractivity contribution is -0.0976. The van der Waals surface area contributed by atoms with Gasteiger partial charge in [-0.05, 0) is 41.4 Å². The number of rotatable bonds is 4. The highest BCUT2D eigenvalue weighted by Gasteiger charge is 2.49. The van der Waals surface area contributed by atoms with Gasteiger partial charge in [0, 0.05) is 22.5 Å². The third kappa shape index (κ3) is 2.41. The smallest absolute Gasteiger partial charge is 0.147 e. The molecule has 1 saturated carbocycles. The quantitative estimate of drug-likeness (QED) is 0.899. The van der Waals surface area contributed by atoms with Crippen molar-refractivity contribution in [1.29, 1.82) is 0 Å². The van der Waals surface area contributed by atoms with Crippen molar-refractivity contribution in [2.75, 3.05) is 11.9 Å². The van der Waals surface area contributed by atoms with Gasteiger partial charge in [0.2, 0.25) is 0 Å². The topological polar surface area (TPSA) is 21.3 Å². The molecule has 2 unspecified atom stereocenters. The molecule has 4 heteroatoms. The lowest BCUT2D eigenvalue weighted by atomic mass is 9.64. The Hall–Kier alpha value is -0.610. The summed E-state index contributed by atoms with van der Waals surface area (Å²) in [5.74, 6) is -0.222. The van der Waals surface area contributed by atoms with Crippen LogP contribution < -0.4 is 5.32 Å². The molecule has 0 bridgehead atoms. The molecule has 100 valence electrons. The first-order chi connectivity index (χ1) is 8.46. The van der Waals surface area contributed by atoms with Gasteiger partial charge in [-0.25, -0.2) is 4.39 Å². The highest BCUT2D eigenvalue weighted by atomic mass is 79.9. The van der Waals surface area contributed by atoms with E-state index < -0.39 is 0 Å². The van der Waals surface area contributed by atoms with Crippen LogP contribution in [0.25, 0.3) is 0 Å². The Balaban J connectivity index is 2.08. The maximum atomic E-state index is 13.7. The van der Waals surface area contributed by atoms with Gasteiger partial charge in [-0.15, -0.1) is 0 Å². The molecule has 1 N–H and O–H groups in total. The molecule has 0 heterocycles. The monoisotopic (exact) mass is 315 g/mol. The molecule has 0 saturated heterocycles. The first-order valence-corrected chi connectivity index (χ1v) is 7.08. The van der Waals surface area contributed by atoms with Crippen molar-refractivity contribution in [3.63, 3.8) is 0 Å². The molecule has 1 aromatic carbocycles. The van der Waals surface area contributed by atoms with Crippen LogP contribution >= 0.6 is 15.9 Å². The summed E-state index contributed by atoms with van der Waals surface area (Å²) in [7, 11) is 0. The standard InChI is InChI=1S/C14H19BrFNO/c1-4-18-12-8-11(14(12,2)3)17-13-9(15)6-5-7-10(13)16/h5-7,11-12,17H,4,8H2,1-3H3. The Morgan fingerprint density at radius 3 is 2.78 bits per heavy atom. The van der Waals surface area contributed by atoms with Crippen LogP contribution in [0.2, 0.25) is 0 Å². The molecule has 2 nitrogen and oxygen atoms in total. The van der Waals surface area contributed by atoms with Crippen LogP contribution in [0.15, 0.2) is 22.7 Å². The zero-order valence-electron chi connectivity index (χ0n) is 11.0. The average molecular weight is 316 g/mol. The molecule has 0 spiro atoms. The molecule has 0 radical (unpaired) electrons. The van der Waals surface area contributed by atoms with E-state index in [-0.39, 0.29) is 23.4 Å². The summed E-state index contributed by atoms with van der Waals surface area (Å²) >= 11 is 3.38. The Morgan fingerprint density at radius 1 is 1.50 bits per heavy atom. The molecular formula is C14H19BrFNO. The van der Waals surface area contributed by atoms with Gasteiger partial charge in [-0.3, -0.25) is 0 Å². The second kappa shape index (κ2) is 5.17. The summed E-state index contributed by atoms with van der Waals surface area (Å²) in [6.07, 6.45) is 1.17. The number of hydrogen-bond donors (Lipinski definition) is 1. The van der Waals surface area contributed by atoms with Crippen LogP contribution in [0.4, 0.5) is 10.1 Å². The molecule has 0 aromatic heterocycles. The SMILES string of the molecule is CCOC1CC(Nc2c(F)cccc2Br)C1(C)C. The normalized spacial score (nSPS) is 25.6. The summed E-state index contributed by atoms with van der Waals surface area (Å²) in [4.78, 5) is 0. The minimum absolute atomic E-state index is 0.0255. The molecule has 18 heavy (non-hydrogen) atoms. The van der Waals surface area contributed by atoms with Crippen LogP contribution in [0.5, 0.6) is 0 Å². The molecule has 1 aliphatic rings. The number of nitrogens with one attached hydrogen (secondary N) is 1. The van der Waals surface area contributed by atoms with Crippen molar-refractivity contribution >= 4 is 21.6 Å². The van der Waals surface area contributed by atoms with Crippen molar-refractivity contribution in [3.8, 4) is 0 Å². The van der Waals surface area contributed by atoms with Crippen molar-refractivity contribution in [2.24, 2.45) is 5.41 Å². The average Bonchev–Trinajstić information content (AvgIpc) is 2.31. The predicted molar refractivity (Wildman–Crippen MR) is 75.3 cm³/mol. The third-order valence-corrected chi connectivity index (χ3v) is 4.49. The van der Waals surface area contributed by atoms with E-state index in [2.05, 4.69) is 35.1 Å². The van der Waals surface area contributed by atoms with E-state index in [1.807, 2.05) is 13.0 Å². The van der Waals surface area contributed by atoms with Gasteiger partial charge in [0.05, 0.1) is 11.8 Å². The molecule has 0 aliphatic heterocycles. The van der Waals surface area contributed by atoms with Gasteiger partial charge >= 0.3 is 0 Å². The lowest BCUT2D eigenvalue weighted by Crippen LogP contribution is -2.58. The third-order valence-electron chi connectivity index (χ3n) is 3.83. The van der Waals surface area contributed by atoms with Crippen LogP contribution in [-0.2, 0) is 4.74 Å². The van der Waals surface area contributed by atoms with E-state index in [9.17, 15) is 4.39 Å².